The van der Waals surface area contributed by atoms with Gasteiger partial charge in [-0.2, -0.15) is 0 Å². The van der Waals surface area contributed by atoms with Crippen molar-refractivity contribution in [3.63, 3.8) is 0 Å². The van der Waals surface area contributed by atoms with Gasteiger partial charge in [0, 0.05) is 0 Å². The lowest BCUT2D eigenvalue weighted by molar-refractivity contribution is 0.0302. The largest absolute Gasteiger partial charge is 0.0776 e. The quantitative estimate of drug-likeness (QED) is 0.486. The van der Waals surface area contributed by atoms with Crippen LogP contribution in [0.4, 0.5) is 0 Å². The van der Waals surface area contributed by atoms with E-state index in [-0.39, 0.29) is 7.43 Å². The van der Waals surface area contributed by atoms with Crippen LogP contribution in [0.3, 0.4) is 0 Å². The van der Waals surface area contributed by atoms with E-state index >= 15 is 0 Å². The molecule has 1 aliphatic carbocycles. The molecule has 0 aromatic carbocycles. The molecule has 16 heavy (non-hydrogen) atoms. The average molecular weight is 228 g/mol. The van der Waals surface area contributed by atoms with Gasteiger partial charge in [0.25, 0.3) is 0 Å². The third-order valence-electron chi connectivity index (χ3n) is 4.98. The molecule has 0 spiro atoms. The first-order valence-electron chi connectivity index (χ1n) is 6.88. The van der Waals surface area contributed by atoms with Gasteiger partial charge < -0.3 is 0 Å². The normalized spacial score (nSPS) is 42.8. The molecule has 1 saturated carbocycles. The van der Waals surface area contributed by atoms with E-state index in [1.807, 2.05) is 0 Å². The van der Waals surface area contributed by atoms with Crippen LogP contribution in [0.25, 0.3) is 0 Å². The van der Waals surface area contributed by atoms with Crippen LogP contribution in [0.15, 0.2) is 0 Å². The lowest BCUT2D eigenvalue weighted by atomic mass is 9.60. The molecule has 0 unspecified atom stereocenters. The predicted molar refractivity (Wildman–Crippen MR) is 77.7 cm³/mol. The third kappa shape index (κ3) is 4.11. The molecule has 1 aliphatic rings. The van der Waals surface area contributed by atoms with Gasteiger partial charge in [-0.25, -0.2) is 0 Å². The van der Waals surface area contributed by atoms with Crippen molar-refractivity contribution < 1.29 is 0 Å². The Bertz CT molecular complexity index is 103. The fourth-order valence-corrected chi connectivity index (χ4v) is 2.87. The predicted octanol–water partition coefficient (Wildman–Crippen LogP) is 5.87. The Hall–Kier alpha value is 0. The Labute approximate surface area is 105 Å². The monoisotopic (exact) mass is 228 g/mol. The van der Waals surface area contributed by atoms with Gasteiger partial charge in [0.05, 0.1) is 0 Å². The van der Waals surface area contributed by atoms with Gasteiger partial charge in [0.15, 0.2) is 0 Å². The summed E-state index contributed by atoms with van der Waals surface area (Å²) in [7, 11) is 0. The van der Waals surface area contributed by atoms with Gasteiger partial charge in [-0.05, 0) is 35.5 Å². The van der Waals surface area contributed by atoms with Crippen LogP contribution in [-0.2, 0) is 0 Å². The minimum Gasteiger partial charge on any atom is -0.0776 e. The Morgan fingerprint density at radius 2 is 0.562 bits per heavy atom. The van der Waals surface area contributed by atoms with E-state index in [9.17, 15) is 0 Å². The zero-order valence-corrected chi connectivity index (χ0v) is 12.2. The van der Waals surface area contributed by atoms with E-state index in [4.69, 9.17) is 0 Å². The fraction of sp³-hybridized carbons (Fsp3) is 1.00. The summed E-state index contributed by atoms with van der Waals surface area (Å²) in [5.74, 6) is 5.45. The SMILES string of the molecule is C.CC1C(C)C(C)C(C)C(C)C1C.CCC. The number of hydrogen-bond acceptors (Lipinski definition) is 0. The summed E-state index contributed by atoms with van der Waals surface area (Å²) < 4.78 is 0. The van der Waals surface area contributed by atoms with Crippen molar-refractivity contribution in [2.75, 3.05) is 0 Å². The molecule has 0 saturated heterocycles. The lowest BCUT2D eigenvalue weighted by Gasteiger charge is -2.45. The van der Waals surface area contributed by atoms with Crippen molar-refractivity contribution in [2.24, 2.45) is 35.5 Å². The van der Waals surface area contributed by atoms with Crippen LogP contribution in [0, 0.1) is 35.5 Å². The summed E-state index contributed by atoms with van der Waals surface area (Å²) in [6.45, 7) is 18.8. The van der Waals surface area contributed by atoms with E-state index in [2.05, 4.69) is 55.4 Å². The van der Waals surface area contributed by atoms with Gasteiger partial charge in [0.1, 0.15) is 0 Å². The smallest absolute Gasteiger partial charge is 0.0386 e. The van der Waals surface area contributed by atoms with Gasteiger partial charge in [0.2, 0.25) is 0 Å². The van der Waals surface area contributed by atoms with Crippen LogP contribution >= 0.6 is 0 Å². The molecule has 0 aromatic rings. The van der Waals surface area contributed by atoms with E-state index < -0.39 is 0 Å². The molecule has 0 heteroatoms. The summed E-state index contributed by atoms with van der Waals surface area (Å²) in [6, 6.07) is 0. The van der Waals surface area contributed by atoms with E-state index in [1.54, 1.807) is 0 Å². The third-order valence-corrected chi connectivity index (χ3v) is 4.98. The van der Waals surface area contributed by atoms with Gasteiger partial charge in [-0.3, -0.25) is 0 Å². The van der Waals surface area contributed by atoms with Crippen LogP contribution in [0.5, 0.6) is 0 Å². The molecule has 0 aliphatic heterocycles. The Morgan fingerprint density at radius 1 is 0.500 bits per heavy atom. The van der Waals surface area contributed by atoms with Crippen molar-refractivity contribution in [1.82, 2.24) is 0 Å². The Kier molecular flexibility index (Phi) is 9.35. The number of hydrogen-bond donors (Lipinski definition) is 0. The first kappa shape index (κ1) is 18.4. The van der Waals surface area contributed by atoms with E-state index in [0.29, 0.717) is 0 Å². The first-order chi connectivity index (χ1) is 6.88. The molecule has 1 rings (SSSR count). The molecule has 0 aromatic heterocycles. The minimum absolute atomic E-state index is 0. The highest BCUT2D eigenvalue weighted by atomic mass is 14.4. The van der Waals surface area contributed by atoms with Gasteiger partial charge >= 0.3 is 0 Å². The lowest BCUT2D eigenvalue weighted by Crippen LogP contribution is -2.39. The zero-order chi connectivity index (χ0) is 12.2. The van der Waals surface area contributed by atoms with Gasteiger partial charge in [-0.1, -0.05) is 69.2 Å². The minimum atomic E-state index is 0. The molecule has 0 amide bonds. The molecule has 0 radical (unpaired) electrons. The highest BCUT2D eigenvalue weighted by Crippen LogP contribution is 2.44. The maximum atomic E-state index is 2.42. The first-order valence-corrected chi connectivity index (χ1v) is 6.88. The van der Waals surface area contributed by atoms with Gasteiger partial charge in [-0.15, -0.1) is 0 Å². The van der Waals surface area contributed by atoms with Crippen molar-refractivity contribution in [3.8, 4) is 0 Å². The second-order valence-corrected chi connectivity index (χ2v) is 5.86. The summed E-state index contributed by atoms with van der Waals surface area (Å²) in [6.07, 6.45) is 1.25. The number of rotatable bonds is 0. The highest BCUT2D eigenvalue weighted by molar-refractivity contribution is 4.86. The second-order valence-electron chi connectivity index (χ2n) is 5.86. The topological polar surface area (TPSA) is 0 Å². The van der Waals surface area contributed by atoms with Crippen molar-refractivity contribution >= 4 is 0 Å². The van der Waals surface area contributed by atoms with Crippen LogP contribution in [0.1, 0.15) is 69.2 Å². The molecule has 1 fully saturated rings. The molecule has 0 bridgehead atoms. The van der Waals surface area contributed by atoms with Crippen LogP contribution in [0.2, 0.25) is 0 Å². The summed E-state index contributed by atoms with van der Waals surface area (Å²) >= 11 is 0. The summed E-state index contributed by atoms with van der Waals surface area (Å²) in [5.41, 5.74) is 0. The molecule has 0 atom stereocenters. The molecule has 100 valence electrons. The van der Waals surface area contributed by atoms with Crippen molar-refractivity contribution in [1.29, 1.82) is 0 Å². The standard InChI is InChI=1S/C12H24.C3H8.CH4/c1-7-8(2)10(4)12(6)11(5)9(7)3;1-3-2;/h7-12H,1-6H3;3H2,1-2H3;1H4. The van der Waals surface area contributed by atoms with E-state index in [0.717, 1.165) is 35.5 Å². The highest BCUT2D eigenvalue weighted by Gasteiger charge is 2.38. The molecule has 0 heterocycles. The average Bonchev–Trinajstić information content (AvgIpc) is 2.22. The fourth-order valence-electron chi connectivity index (χ4n) is 2.87. The zero-order valence-electron chi connectivity index (χ0n) is 12.2. The van der Waals surface area contributed by atoms with E-state index in [1.165, 1.54) is 6.42 Å². The molecule has 0 N–H and O–H groups in total. The molecule has 0 nitrogen and oxygen atoms in total. The Balaban J connectivity index is 0. The maximum Gasteiger partial charge on any atom is -0.0386 e. The summed E-state index contributed by atoms with van der Waals surface area (Å²) in [5, 5.41) is 0. The van der Waals surface area contributed by atoms with Crippen molar-refractivity contribution in [3.05, 3.63) is 0 Å². The van der Waals surface area contributed by atoms with Crippen molar-refractivity contribution in [2.45, 2.75) is 69.2 Å². The molecular formula is C16H36. The molecular weight excluding hydrogens is 192 g/mol. The Morgan fingerprint density at radius 3 is 0.625 bits per heavy atom. The van der Waals surface area contributed by atoms with Crippen LogP contribution < -0.4 is 0 Å². The summed E-state index contributed by atoms with van der Waals surface area (Å²) in [4.78, 5) is 0. The maximum absolute atomic E-state index is 2.42. The second kappa shape index (κ2) is 8.14. The van der Waals surface area contributed by atoms with Crippen LogP contribution in [-0.4, -0.2) is 0 Å².